The monoisotopic (exact) mass is 451 g/mol. The first-order valence-electron chi connectivity index (χ1n) is 10.9. The molecule has 0 aliphatic rings. The molecule has 0 saturated carbocycles. The Balaban J connectivity index is 0.000000191. The van der Waals surface area contributed by atoms with Crippen LogP contribution in [0.1, 0.15) is 49.6 Å². The molecule has 0 bridgehead atoms. The predicted octanol–water partition coefficient (Wildman–Crippen LogP) is 6.04. The lowest BCUT2D eigenvalue weighted by molar-refractivity contribution is 0.0604. The van der Waals surface area contributed by atoms with Crippen LogP contribution < -0.4 is 0 Å². The number of carbonyl (C=O) groups is 2. The second kappa shape index (κ2) is 12.4. The quantitative estimate of drug-likeness (QED) is 0.348. The van der Waals surface area contributed by atoms with Crippen molar-refractivity contribution in [2.75, 3.05) is 7.11 Å². The second-order valence-corrected chi connectivity index (χ2v) is 7.59. The summed E-state index contributed by atoms with van der Waals surface area (Å²) in [5, 5.41) is 10.0. The number of benzene rings is 4. The van der Waals surface area contributed by atoms with Gasteiger partial charge in [-0.1, -0.05) is 115 Å². The van der Waals surface area contributed by atoms with E-state index in [4.69, 9.17) is 4.74 Å². The van der Waals surface area contributed by atoms with Gasteiger partial charge in [0.2, 0.25) is 0 Å². The van der Waals surface area contributed by atoms with E-state index in [2.05, 4.69) is 6.92 Å². The zero-order chi connectivity index (χ0) is 24.3. The van der Waals surface area contributed by atoms with Crippen molar-refractivity contribution in [2.24, 2.45) is 0 Å². The van der Waals surface area contributed by atoms with Gasteiger partial charge in [-0.05, 0) is 23.6 Å². The molecule has 0 aliphatic heterocycles. The summed E-state index contributed by atoms with van der Waals surface area (Å²) in [6.07, 6.45) is -1.68. The summed E-state index contributed by atoms with van der Waals surface area (Å²) in [5.74, 6) is -0.319. The Bertz CT molecular complexity index is 1190. The Kier molecular flexibility index (Phi) is 9.04. The molecule has 4 aromatic carbocycles. The van der Waals surface area contributed by atoms with Crippen molar-refractivity contribution in [3.05, 3.63) is 150 Å². The van der Waals surface area contributed by atoms with E-state index in [0.717, 1.165) is 5.56 Å². The number of hydrogen-bond donors (Lipinski definition) is 1. The molecule has 0 spiro atoms. The fourth-order valence-electron chi connectivity index (χ4n) is 3.48. The fourth-order valence-corrected chi connectivity index (χ4v) is 3.48. The van der Waals surface area contributed by atoms with Crippen molar-refractivity contribution in [1.29, 1.82) is 0 Å². The normalized spacial score (nSPS) is 12.1. The summed E-state index contributed by atoms with van der Waals surface area (Å²) in [7, 11) is 1.55. The number of hydrogen-bond acceptors (Lipinski definition) is 4. The predicted molar refractivity (Wildman–Crippen MR) is 134 cm³/mol. The van der Waals surface area contributed by atoms with Crippen molar-refractivity contribution >= 4 is 11.6 Å². The largest absolute Gasteiger partial charge is 0.380 e. The van der Waals surface area contributed by atoms with Crippen LogP contribution in [0.5, 0.6) is 0 Å². The smallest absolute Gasteiger partial charge is 0.196 e. The van der Waals surface area contributed by atoms with Crippen LogP contribution in [0.2, 0.25) is 0 Å². The molecule has 4 aromatic rings. The zero-order valence-electron chi connectivity index (χ0n) is 19.0. The highest BCUT2D eigenvalue weighted by atomic mass is 16.5. The summed E-state index contributed by atoms with van der Waals surface area (Å²) >= 11 is 0. The third-order valence-corrected chi connectivity index (χ3v) is 5.29. The zero-order valence-corrected chi connectivity index (χ0v) is 19.0. The number of aliphatic hydroxyl groups is 1. The molecule has 0 heterocycles. The first-order chi connectivity index (χ1) is 16.5. The van der Waals surface area contributed by atoms with Gasteiger partial charge < -0.3 is 9.84 Å². The first-order valence-corrected chi connectivity index (χ1v) is 10.9. The fraction of sp³-hybridized carbons (Fsp3) is 0.100. The van der Waals surface area contributed by atoms with Crippen LogP contribution in [0.15, 0.2) is 115 Å². The van der Waals surface area contributed by atoms with Gasteiger partial charge in [-0.3, -0.25) is 9.59 Å². The van der Waals surface area contributed by atoms with Gasteiger partial charge in [-0.15, -0.1) is 0 Å². The number of aliphatic hydroxyl groups excluding tert-OH is 1. The average molecular weight is 452 g/mol. The van der Waals surface area contributed by atoms with E-state index >= 15 is 0 Å². The molecule has 0 aliphatic carbocycles. The molecule has 0 saturated heterocycles. The van der Waals surface area contributed by atoms with Crippen molar-refractivity contribution in [2.45, 2.75) is 12.2 Å². The number of ketones is 2. The van der Waals surface area contributed by atoms with E-state index in [1.54, 1.807) is 61.7 Å². The van der Waals surface area contributed by atoms with Gasteiger partial charge in [0, 0.05) is 18.2 Å². The third-order valence-electron chi connectivity index (χ3n) is 5.29. The van der Waals surface area contributed by atoms with Gasteiger partial charge in [0.15, 0.2) is 11.6 Å². The molecule has 0 fully saturated rings. The van der Waals surface area contributed by atoms with E-state index in [9.17, 15) is 14.7 Å². The molecular formula is C30H27O4. The van der Waals surface area contributed by atoms with E-state index in [1.807, 2.05) is 60.7 Å². The molecule has 34 heavy (non-hydrogen) atoms. The summed E-state index contributed by atoms with van der Waals surface area (Å²) in [5.41, 5.74) is 3.28. The molecule has 0 aromatic heterocycles. The maximum atomic E-state index is 12.3. The molecule has 2 atom stereocenters. The van der Waals surface area contributed by atoms with Gasteiger partial charge in [-0.25, -0.2) is 0 Å². The Morgan fingerprint density at radius 3 is 1.62 bits per heavy atom. The second-order valence-electron chi connectivity index (χ2n) is 7.59. The van der Waals surface area contributed by atoms with E-state index in [1.165, 1.54) is 0 Å². The molecule has 4 heteroatoms. The Hall–Kier alpha value is -3.86. The van der Waals surface area contributed by atoms with Crippen molar-refractivity contribution in [1.82, 2.24) is 0 Å². The van der Waals surface area contributed by atoms with Gasteiger partial charge in [-0.2, -0.15) is 0 Å². The van der Waals surface area contributed by atoms with Gasteiger partial charge in [0.1, 0.15) is 12.2 Å². The summed E-state index contributed by atoms with van der Waals surface area (Å²) in [6.45, 7) is 3.81. The Morgan fingerprint density at radius 1 is 0.676 bits per heavy atom. The molecular weight excluding hydrogens is 424 g/mol. The summed E-state index contributed by atoms with van der Waals surface area (Å²) in [6, 6.07) is 34.6. The van der Waals surface area contributed by atoms with Crippen LogP contribution in [-0.2, 0) is 4.74 Å². The van der Waals surface area contributed by atoms with Gasteiger partial charge in [0.05, 0.1) is 0 Å². The Morgan fingerprint density at radius 2 is 1.12 bits per heavy atom. The van der Waals surface area contributed by atoms with Crippen LogP contribution in [0.25, 0.3) is 0 Å². The highest BCUT2D eigenvalue weighted by Gasteiger charge is 2.21. The number of carbonyl (C=O) groups excluding carboxylic acids is 2. The molecule has 1 N–H and O–H groups in total. The Labute approximate surface area is 200 Å². The van der Waals surface area contributed by atoms with Gasteiger partial charge in [0.25, 0.3) is 0 Å². The topological polar surface area (TPSA) is 63.6 Å². The average Bonchev–Trinajstić information content (AvgIpc) is 2.90. The maximum absolute atomic E-state index is 12.3. The van der Waals surface area contributed by atoms with E-state index in [-0.39, 0.29) is 11.6 Å². The minimum absolute atomic E-state index is 0.0145. The molecule has 171 valence electrons. The minimum atomic E-state index is -1.15. The van der Waals surface area contributed by atoms with E-state index < -0.39 is 12.2 Å². The van der Waals surface area contributed by atoms with Crippen molar-refractivity contribution in [3.63, 3.8) is 0 Å². The van der Waals surface area contributed by atoms with Crippen LogP contribution >= 0.6 is 0 Å². The van der Waals surface area contributed by atoms with Crippen molar-refractivity contribution in [3.8, 4) is 0 Å². The summed E-state index contributed by atoms with van der Waals surface area (Å²) in [4.78, 5) is 24.3. The van der Waals surface area contributed by atoms with Crippen molar-refractivity contribution < 1.29 is 19.4 Å². The number of Topliss-reactive ketones (excluding diaryl/α,β-unsaturated/α-hetero) is 2. The molecule has 0 amide bonds. The number of methoxy groups -OCH3 is 1. The molecule has 4 rings (SSSR count). The lowest BCUT2D eigenvalue weighted by Crippen LogP contribution is -2.14. The first kappa shape index (κ1) is 24.8. The third kappa shape index (κ3) is 6.35. The van der Waals surface area contributed by atoms with E-state index in [0.29, 0.717) is 22.3 Å². The highest BCUT2D eigenvalue weighted by Crippen LogP contribution is 2.22. The van der Waals surface area contributed by atoms with Crippen LogP contribution in [0.3, 0.4) is 0 Å². The van der Waals surface area contributed by atoms with Crippen LogP contribution in [-0.4, -0.2) is 23.8 Å². The molecule has 2 unspecified atom stereocenters. The minimum Gasteiger partial charge on any atom is -0.380 e. The number of rotatable bonds is 7. The standard InChI is InChI=1S/C15H14O2.C15H13O2/c1-17-15(13-10-6-3-7-11-13)14(16)12-8-4-2-5-9-12;1-11-7-5-6-10-13(11)15(17)14(16)12-8-3-2-4-9-12/h2-11,15H,1H3;2-10,15,17H,1H2. The lowest BCUT2D eigenvalue weighted by Gasteiger charge is -2.14. The summed E-state index contributed by atoms with van der Waals surface area (Å²) < 4.78 is 5.30. The molecule has 4 nitrogen and oxygen atoms in total. The van der Waals surface area contributed by atoms with Crippen LogP contribution in [0.4, 0.5) is 0 Å². The number of ether oxygens (including phenoxy) is 1. The lowest BCUT2D eigenvalue weighted by atomic mass is 9.97. The highest BCUT2D eigenvalue weighted by molar-refractivity contribution is 6.00. The van der Waals surface area contributed by atoms with Crippen LogP contribution in [0, 0.1) is 6.92 Å². The molecule has 1 radical (unpaired) electrons. The maximum Gasteiger partial charge on any atom is 0.196 e. The SMILES string of the molecule is COC(C(=O)c1ccccc1)c1ccccc1.[CH2]c1ccccc1C(O)C(=O)c1ccccc1. The van der Waals surface area contributed by atoms with Gasteiger partial charge >= 0.3 is 0 Å².